The number of aliphatic hydroxyl groups excluding tert-OH is 1. The second-order valence-electron chi connectivity index (χ2n) is 9.92. The largest absolute Gasteiger partial charge is 0.507 e. The third-order valence-electron chi connectivity index (χ3n) is 6.43. The second kappa shape index (κ2) is 9.20. The maximum Gasteiger partial charge on any atom is 0.302 e. The molecule has 1 amide bonds. The normalized spacial score (nSPS) is 17.5. The zero-order valence-corrected chi connectivity index (χ0v) is 21.1. The van der Waals surface area contributed by atoms with E-state index in [2.05, 4.69) is 15.0 Å². The van der Waals surface area contributed by atoms with Crippen LogP contribution in [-0.2, 0) is 15.0 Å². The standard InChI is InChI=1S/C29H28N4O4/c1-5-37-22-11-10-18(16-19(22)29(2,3)4)25(34)23-24(17-12-14-30-15-13-17)33(27(36)26(23)35)28-31-20-8-6-7-9-21(20)32-28/h6-16,24,34H,5H2,1-4H3,(H,31,32)/b25-23+. The van der Waals surface area contributed by atoms with Gasteiger partial charge in [0.15, 0.2) is 0 Å². The summed E-state index contributed by atoms with van der Waals surface area (Å²) in [5.74, 6) is -0.881. The Morgan fingerprint density at radius 3 is 2.49 bits per heavy atom. The number of aliphatic hydroxyl groups is 1. The second-order valence-corrected chi connectivity index (χ2v) is 9.92. The number of amides is 1. The number of anilines is 1. The predicted molar refractivity (Wildman–Crippen MR) is 141 cm³/mol. The van der Waals surface area contributed by atoms with Crippen LogP contribution in [-0.4, -0.2) is 38.4 Å². The number of Topliss-reactive ketones (excluding diaryl/α,β-unsaturated/α-hetero) is 1. The number of para-hydroxylation sites is 2. The fourth-order valence-corrected chi connectivity index (χ4v) is 4.67. The minimum absolute atomic E-state index is 0.0133. The van der Waals surface area contributed by atoms with Crippen molar-refractivity contribution in [3.63, 3.8) is 0 Å². The van der Waals surface area contributed by atoms with Gasteiger partial charge in [0.05, 0.1) is 29.3 Å². The van der Waals surface area contributed by atoms with Crippen LogP contribution >= 0.6 is 0 Å². The van der Waals surface area contributed by atoms with Crippen molar-refractivity contribution in [2.45, 2.75) is 39.2 Å². The summed E-state index contributed by atoms with van der Waals surface area (Å²) >= 11 is 0. The number of hydrogen-bond donors (Lipinski definition) is 2. The summed E-state index contributed by atoms with van der Waals surface area (Å²) in [6, 6.07) is 15.2. The van der Waals surface area contributed by atoms with Crippen LogP contribution in [0.5, 0.6) is 5.75 Å². The quantitative estimate of drug-likeness (QED) is 0.221. The molecule has 0 saturated carbocycles. The molecule has 0 bridgehead atoms. The molecule has 0 spiro atoms. The number of ketones is 1. The Hall–Kier alpha value is -4.46. The lowest BCUT2D eigenvalue weighted by Crippen LogP contribution is -2.30. The van der Waals surface area contributed by atoms with E-state index in [1.54, 1.807) is 36.7 Å². The van der Waals surface area contributed by atoms with E-state index in [-0.39, 0.29) is 22.7 Å². The molecular formula is C29H28N4O4. The highest BCUT2D eigenvalue weighted by Gasteiger charge is 2.48. The molecule has 4 aromatic rings. The molecule has 37 heavy (non-hydrogen) atoms. The van der Waals surface area contributed by atoms with Crippen molar-refractivity contribution in [2.75, 3.05) is 11.5 Å². The number of pyridine rings is 1. The Kier molecular flexibility index (Phi) is 6.03. The van der Waals surface area contributed by atoms with Crippen LogP contribution in [0, 0.1) is 0 Å². The Labute approximate surface area is 214 Å². The summed E-state index contributed by atoms with van der Waals surface area (Å²) in [6.07, 6.45) is 3.17. The lowest BCUT2D eigenvalue weighted by molar-refractivity contribution is -0.132. The monoisotopic (exact) mass is 496 g/mol. The Bertz CT molecular complexity index is 1500. The van der Waals surface area contributed by atoms with Crippen LogP contribution in [0.15, 0.2) is 72.6 Å². The number of nitrogens with zero attached hydrogens (tertiary/aromatic N) is 3. The van der Waals surface area contributed by atoms with Gasteiger partial charge in [-0.3, -0.25) is 19.5 Å². The average molecular weight is 497 g/mol. The van der Waals surface area contributed by atoms with Crippen molar-refractivity contribution in [3.8, 4) is 5.75 Å². The average Bonchev–Trinajstić information content (AvgIpc) is 3.42. The molecule has 0 aliphatic carbocycles. The molecule has 1 atom stereocenters. The van der Waals surface area contributed by atoms with Crippen LogP contribution in [0.2, 0.25) is 0 Å². The molecule has 1 saturated heterocycles. The van der Waals surface area contributed by atoms with Gasteiger partial charge in [0.1, 0.15) is 11.5 Å². The lowest BCUT2D eigenvalue weighted by Gasteiger charge is -2.24. The molecule has 0 radical (unpaired) electrons. The summed E-state index contributed by atoms with van der Waals surface area (Å²) < 4.78 is 5.81. The number of aromatic amines is 1. The summed E-state index contributed by atoms with van der Waals surface area (Å²) in [7, 11) is 0. The topological polar surface area (TPSA) is 108 Å². The van der Waals surface area contributed by atoms with Gasteiger partial charge in [0, 0.05) is 23.5 Å². The molecule has 1 aliphatic rings. The molecule has 1 unspecified atom stereocenters. The van der Waals surface area contributed by atoms with Crippen LogP contribution in [0.3, 0.4) is 0 Å². The Morgan fingerprint density at radius 2 is 1.81 bits per heavy atom. The summed E-state index contributed by atoms with van der Waals surface area (Å²) in [6.45, 7) is 8.55. The van der Waals surface area contributed by atoms with Crippen molar-refractivity contribution in [2.24, 2.45) is 0 Å². The number of ether oxygens (including phenoxy) is 1. The number of H-pyrrole nitrogens is 1. The minimum Gasteiger partial charge on any atom is -0.507 e. The smallest absolute Gasteiger partial charge is 0.302 e. The van der Waals surface area contributed by atoms with E-state index in [1.807, 2.05) is 58.0 Å². The number of benzene rings is 2. The highest BCUT2D eigenvalue weighted by atomic mass is 16.5. The number of carbonyl (C=O) groups excluding carboxylic acids is 2. The van der Waals surface area contributed by atoms with Gasteiger partial charge in [0.2, 0.25) is 5.95 Å². The number of fused-ring (bicyclic) bond motifs is 1. The molecule has 188 valence electrons. The first-order chi connectivity index (χ1) is 17.7. The van der Waals surface area contributed by atoms with Gasteiger partial charge < -0.3 is 14.8 Å². The first-order valence-corrected chi connectivity index (χ1v) is 12.1. The number of imidazole rings is 1. The number of carbonyl (C=O) groups is 2. The first kappa shape index (κ1) is 24.2. The fraction of sp³-hybridized carbons (Fsp3) is 0.241. The van der Waals surface area contributed by atoms with E-state index in [9.17, 15) is 14.7 Å². The summed E-state index contributed by atoms with van der Waals surface area (Å²) in [5, 5.41) is 11.5. The molecule has 5 rings (SSSR count). The van der Waals surface area contributed by atoms with Gasteiger partial charge in [0.25, 0.3) is 5.78 Å². The third-order valence-corrected chi connectivity index (χ3v) is 6.43. The Morgan fingerprint density at radius 1 is 1.08 bits per heavy atom. The van der Waals surface area contributed by atoms with E-state index in [0.717, 1.165) is 11.1 Å². The van der Waals surface area contributed by atoms with Crippen LogP contribution < -0.4 is 9.64 Å². The van der Waals surface area contributed by atoms with Crippen molar-refractivity contribution in [1.82, 2.24) is 15.0 Å². The van der Waals surface area contributed by atoms with E-state index in [1.165, 1.54) is 4.90 Å². The highest BCUT2D eigenvalue weighted by Crippen LogP contribution is 2.42. The van der Waals surface area contributed by atoms with Gasteiger partial charge in [-0.05, 0) is 60.4 Å². The van der Waals surface area contributed by atoms with E-state index < -0.39 is 17.7 Å². The third kappa shape index (κ3) is 4.24. The van der Waals surface area contributed by atoms with E-state index in [0.29, 0.717) is 29.0 Å². The first-order valence-electron chi connectivity index (χ1n) is 12.1. The van der Waals surface area contributed by atoms with Crippen molar-refractivity contribution in [3.05, 3.63) is 89.3 Å². The molecule has 1 aliphatic heterocycles. The van der Waals surface area contributed by atoms with Gasteiger partial charge in [-0.15, -0.1) is 0 Å². The van der Waals surface area contributed by atoms with E-state index in [4.69, 9.17) is 4.74 Å². The zero-order chi connectivity index (χ0) is 26.3. The zero-order valence-electron chi connectivity index (χ0n) is 21.1. The molecule has 8 nitrogen and oxygen atoms in total. The van der Waals surface area contributed by atoms with Gasteiger partial charge >= 0.3 is 5.91 Å². The number of hydrogen-bond acceptors (Lipinski definition) is 6. The molecule has 1 fully saturated rings. The maximum absolute atomic E-state index is 13.5. The van der Waals surface area contributed by atoms with Crippen LogP contribution in [0.25, 0.3) is 16.8 Å². The highest BCUT2D eigenvalue weighted by molar-refractivity contribution is 6.51. The number of nitrogens with one attached hydrogen (secondary N) is 1. The molecule has 2 N–H and O–H groups in total. The van der Waals surface area contributed by atoms with E-state index >= 15 is 0 Å². The van der Waals surface area contributed by atoms with Crippen molar-refractivity contribution < 1.29 is 19.4 Å². The molecule has 2 aromatic heterocycles. The molecule has 3 heterocycles. The molecular weight excluding hydrogens is 468 g/mol. The van der Waals surface area contributed by atoms with Crippen molar-refractivity contribution in [1.29, 1.82) is 0 Å². The van der Waals surface area contributed by atoms with Crippen LogP contribution in [0.4, 0.5) is 5.95 Å². The SMILES string of the molecule is CCOc1ccc(/C(O)=C2\C(=O)C(=O)N(c3nc4ccccc4[nH]3)C2c2ccncc2)cc1C(C)(C)C. The van der Waals surface area contributed by atoms with Gasteiger partial charge in [-0.1, -0.05) is 32.9 Å². The summed E-state index contributed by atoms with van der Waals surface area (Å²) in [4.78, 5) is 40.0. The van der Waals surface area contributed by atoms with Crippen molar-refractivity contribution >= 4 is 34.4 Å². The predicted octanol–water partition coefficient (Wildman–Crippen LogP) is 5.28. The Balaban J connectivity index is 1.71. The van der Waals surface area contributed by atoms with Gasteiger partial charge in [-0.2, -0.15) is 0 Å². The minimum atomic E-state index is -0.895. The lowest BCUT2D eigenvalue weighted by atomic mass is 9.84. The molecule has 2 aromatic carbocycles. The van der Waals surface area contributed by atoms with Gasteiger partial charge in [-0.25, -0.2) is 4.98 Å². The maximum atomic E-state index is 13.5. The number of aromatic nitrogens is 3. The summed E-state index contributed by atoms with van der Waals surface area (Å²) in [5.41, 5.74) is 3.02. The van der Waals surface area contributed by atoms with Crippen LogP contribution in [0.1, 0.15) is 50.4 Å². The molecule has 8 heteroatoms. The number of rotatable bonds is 5. The fourth-order valence-electron chi connectivity index (χ4n) is 4.67.